The molecule has 0 spiro atoms. The van der Waals surface area contributed by atoms with Crippen LogP contribution in [0.4, 0.5) is 0 Å². The topological polar surface area (TPSA) is 59.8 Å². The van der Waals surface area contributed by atoms with Gasteiger partial charge in [0.1, 0.15) is 6.33 Å². The number of rotatable bonds is 9. The van der Waals surface area contributed by atoms with Crippen molar-refractivity contribution in [1.29, 1.82) is 0 Å². The summed E-state index contributed by atoms with van der Waals surface area (Å²) in [6.45, 7) is 5.11. The predicted molar refractivity (Wildman–Crippen MR) is 111 cm³/mol. The van der Waals surface area contributed by atoms with Gasteiger partial charge in [-0.2, -0.15) is 0 Å². The van der Waals surface area contributed by atoms with E-state index in [9.17, 15) is 4.79 Å². The number of aromatic nitrogens is 3. The van der Waals surface area contributed by atoms with E-state index in [4.69, 9.17) is 0 Å². The molecule has 1 amide bonds. The van der Waals surface area contributed by atoms with Gasteiger partial charge < -0.3 is 9.88 Å². The van der Waals surface area contributed by atoms with E-state index in [2.05, 4.69) is 46.7 Å². The van der Waals surface area contributed by atoms with E-state index in [1.807, 2.05) is 29.7 Å². The molecule has 1 heterocycles. The highest BCUT2D eigenvalue weighted by atomic mass is 32.2. The minimum Gasteiger partial charge on any atom is -0.349 e. The highest BCUT2D eigenvalue weighted by molar-refractivity contribution is 7.99. The zero-order valence-electron chi connectivity index (χ0n) is 15.9. The van der Waals surface area contributed by atoms with Crippen LogP contribution in [-0.2, 0) is 11.3 Å². The van der Waals surface area contributed by atoms with Crippen molar-refractivity contribution < 1.29 is 4.79 Å². The Morgan fingerprint density at radius 1 is 1.19 bits per heavy atom. The number of unbranched alkanes of at least 4 members (excludes halogenated alkanes) is 2. The van der Waals surface area contributed by atoms with E-state index < -0.39 is 0 Å². The van der Waals surface area contributed by atoms with Gasteiger partial charge in [-0.15, -0.1) is 10.2 Å². The molecule has 0 radical (unpaired) electrons. The summed E-state index contributed by atoms with van der Waals surface area (Å²) in [7, 11) is 0. The minimum atomic E-state index is -0.0494. The van der Waals surface area contributed by atoms with Gasteiger partial charge in [0.05, 0.1) is 11.8 Å². The molecule has 1 aromatic heterocycles. The van der Waals surface area contributed by atoms with Gasteiger partial charge in [-0.05, 0) is 29.7 Å². The molecule has 3 aromatic rings. The molecule has 6 heteroatoms. The molecule has 0 aliphatic rings. The van der Waals surface area contributed by atoms with Gasteiger partial charge in [0, 0.05) is 6.54 Å². The summed E-state index contributed by atoms with van der Waals surface area (Å²) >= 11 is 1.44. The highest BCUT2D eigenvalue weighted by Gasteiger charge is 2.14. The lowest BCUT2D eigenvalue weighted by molar-refractivity contribution is -0.119. The average Bonchev–Trinajstić information content (AvgIpc) is 3.13. The lowest BCUT2D eigenvalue weighted by atomic mass is 10.00. The number of hydrogen-bond donors (Lipinski definition) is 1. The second-order valence-electron chi connectivity index (χ2n) is 6.66. The average molecular weight is 383 g/mol. The van der Waals surface area contributed by atoms with E-state index >= 15 is 0 Å². The summed E-state index contributed by atoms with van der Waals surface area (Å²) < 4.78 is 2.03. The number of amides is 1. The van der Waals surface area contributed by atoms with Crippen LogP contribution >= 0.6 is 11.8 Å². The quantitative estimate of drug-likeness (QED) is 0.434. The summed E-state index contributed by atoms with van der Waals surface area (Å²) in [5.41, 5.74) is 1.13. The second-order valence-corrected chi connectivity index (χ2v) is 7.60. The van der Waals surface area contributed by atoms with Crippen molar-refractivity contribution in [2.24, 2.45) is 0 Å². The zero-order valence-corrected chi connectivity index (χ0v) is 16.7. The van der Waals surface area contributed by atoms with Crippen molar-refractivity contribution in [3.63, 3.8) is 0 Å². The van der Waals surface area contributed by atoms with Gasteiger partial charge in [0.25, 0.3) is 0 Å². The highest BCUT2D eigenvalue weighted by Crippen LogP contribution is 2.24. The number of thioether (sulfide) groups is 1. The molecule has 0 saturated carbocycles. The number of aryl methyl sites for hydroxylation is 1. The predicted octanol–water partition coefficient (Wildman–Crippen LogP) is 4.59. The fraction of sp³-hybridized carbons (Fsp3) is 0.381. The summed E-state index contributed by atoms with van der Waals surface area (Å²) in [6.07, 6.45) is 5.21. The molecule has 5 nitrogen and oxygen atoms in total. The first-order valence-corrected chi connectivity index (χ1v) is 10.4. The Kier molecular flexibility index (Phi) is 6.87. The number of benzene rings is 2. The van der Waals surface area contributed by atoms with Gasteiger partial charge in [0.2, 0.25) is 5.91 Å². The Balaban J connectivity index is 1.57. The molecule has 27 heavy (non-hydrogen) atoms. The monoisotopic (exact) mass is 382 g/mol. The Morgan fingerprint density at radius 2 is 2.00 bits per heavy atom. The van der Waals surface area contributed by atoms with E-state index in [0.717, 1.165) is 23.7 Å². The number of nitrogens with zero attached hydrogens (tertiary/aromatic N) is 3. The largest absolute Gasteiger partial charge is 0.349 e. The summed E-state index contributed by atoms with van der Waals surface area (Å²) in [5, 5.41) is 14.4. The van der Waals surface area contributed by atoms with Crippen LogP contribution in [0.3, 0.4) is 0 Å². The van der Waals surface area contributed by atoms with Gasteiger partial charge in [0.15, 0.2) is 5.16 Å². The third-order valence-electron chi connectivity index (χ3n) is 4.58. The maximum absolute atomic E-state index is 12.4. The molecule has 1 N–H and O–H groups in total. The molecule has 2 aromatic carbocycles. The van der Waals surface area contributed by atoms with Gasteiger partial charge in [-0.25, -0.2) is 0 Å². The fourth-order valence-electron chi connectivity index (χ4n) is 3.16. The van der Waals surface area contributed by atoms with Crippen molar-refractivity contribution in [3.8, 4) is 0 Å². The smallest absolute Gasteiger partial charge is 0.230 e. The second kappa shape index (κ2) is 9.55. The van der Waals surface area contributed by atoms with Crippen LogP contribution in [0.2, 0.25) is 0 Å². The number of nitrogens with one attached hydrogen (secondary N) is 1. The van der Waals surface area contributed by atoms with Crippen LogP contribution in [0.25, 0.3) is 10.8 Å². The number of fused-ring (bicyclic) bond motifs is 1. The third kappa shape index (κ3) is 5.10. The van der Waals surface area contributed by atoms with Crippen molar-refractivity contribution in [1.82, 2.24) is 20.1 Å². The third-order valence-corrected chi connectivity index (χ3v) is 5.56. The lowest BCUT2D eigenvalue weighted by Crippen LogP contribution is -2.28. The van der Waals surface area contributed by atoms with Gasteiger partial charge >= 0.3 is 0 Å². The first-order valence-electron chi connectivity index (χ1n) is 9.46. The zero-order chi connectivity index (χ0) is 19.1. The molecule has 0 unspecified atom stereocenters. The van der Waals surface area contributed by atoms with Crippen LogP contribution in [0.5, 0.6) is 0 Å². The van der Waals surface area contributed by atoms with E-state index in [0.29, 0.717) is 5.75 Å². The first kappa shape index (κ1) is 19.4. The number of carbonyl (C=O) groups is 1. The lowest BCUT2D eigenvalue weighted by Gasteiger charge is -2.16. The number of carbonyl (C=O) groups excluding carboxylic acids is 1. The fourth-order valence-corrected chi connectivity index (χ4v) is 3.91. The van der Waals surface area contributed by atoms with Crippen molar-refractivity contribution in [2.75, 3.05) is 5.75 Å². The molecular formula is C21H26N4OS. The Morgan fingerprint density at radius 3 is 2.85 bits per heavy atom. The maximum Gasteiger partial charge on any atom is 0.230 e. The van der Waals surface area contributed by atoms with E-state index in [1.54, 1.807) is 6.33 Å². The molecule has 1 atom stereocenters. The summed E-state index contributed by atoms with van der Waals surface area (Å²) in [6, 6.07) is 14.4. The van der Waals surface area contributed by atoms with Crippen LogP contribution in [0.15, 0.2) is 53.9 Å². The minimum absolute atomic E-state index is 0.00328. The van der Waals surface area contributed by atoms with Crippen LogP contribution < -0.4 is 5.32 Å². The van der Waals surface area contributed by atoms with Crippen LogP contribution in [0, 0.1) is 0 Å². The van der Waals surface area contributed by atoms with Crippen LogP contribution in [-0.4, -0.2) is 26.4 Å². The van der Waals surface area contributed by atoms with E-state index in [-0.39, 0.29) is 11.9 Å². The molecule has 0 bridgehead atoms. The molecule has 0 fully saturated rings. The summed E-state index contributed by atoms with van der Waals surface area (Å²) in [4.78, 5) is 12.4. The Bertz CT molecular complexity index is 887. The SMILES string of the molecule is CCCCCn1cnnc1SCC(=O)N[C@@H](C)c1cccc2ccccc12. The van der Waals surface area contributed by atoms with Crippen molar-refractivity contribution in [2.45, 2.75) is 50.9 Å². The normalized spacial score (nSPS) is 12.2. The Labute approximate surface area is 164 Å². The molecule has 0 saturated heterocycles. The first-order chi connectivity index (χ1) is 13.2. The molecular weight excluding hydrogens is 356 g/mol. The van der Waals surface area contributed by atoms with E-state index in [1.165, 1.54) is 35.4 Å². The van der Waals surface area contributed by atoms with Crippen molar-refractivity contribution in [3.05, 3.63) is 54.4 Å². The molecule has 142 valence electrons. The van der Waals surface area contributed by atoms with Gasteiger partial charge in [-0.3, -0.25) is 4.79 Å². The summed E-state index contributed by atoms with van der Waals surface area (Å²) in [5.74, 6) is 0.338. The van der Waals surface area contributed by atoms with Crippen LogP contribution in [0.1, 0.15) is 44.7 Å². The molecule has 0 aliphatic heterocycles. The Hall–Kier alpha value is -2.34. The molecule has 0 aliphatic carbocycles. The molecule has 3 rings (SSSR count). The standard InChI is InChI=1S/C21H26N4OS/c1-3-4-7-13-25-15-22-24-21(25)27-14-20(26)23-16(2)18-12-8-10-17-9-5-6-11-19(17)18/h5-6,8-12,15-16H,3-4,7,13-14H2,1-2H3,(H,23,26)/t16-/m0/s1. The van der Waals surface area contributed by atoms with Crippen molar-refractivity contribution >= 4 is 28.4 Å². The van der Waals surface area contributed by atoms with Gasteiger partial charge in [-0.1, -0.05) is 74.0 Å². The number of hydrogen-bond acceptors (Lipinski definition) is 4. The maximum atomic E-state index is 12.4.